The number of nitrogens with two attached hydrogens (primary N) is 1. The average Bonchev–Trinajstić information content (AvgIpc) is 2.48. The Bertz CT molecular complexity index is 665. The Morgan fingerprint density at radius 3 is 2.81 bits per heavy atom. The number of halogens is 2. The van der Waals surface area contributed by atoms with Crippen LogP contribution in [0.1, 0.15) is 17.3 Å². The van der Waals surface area contributed by atoms with Crippen molar-refractivity contribution in [1.82, 2.24) is 4.98 Å². The summed E-state index contributed by atoms with van der Waals surface area (Å²) in [5.41, 5.74) is 3.09. The van der Waals surface area contributed by atoms with E-state index in [9.17, 15) is 9.18 Å². The third-order valence-electron chi connectivity index (χ3n) is 2.91. The molecule has 3 N–H and O–H groups in total. The first-order chi connectivity index (χ1) is 10.1. The van der Waals surface area contributed by atoms with E-state index in [0.29, 0.717) is 17.8 Å². The second-order valence-electron chi connectivity index (χ2n) is 4.23. The Kier molecular flexibility index (Phi) is 4.72. The summed E-state index contributed by atoms with van der Waals surface area (Å²) >= 11 is 5.96. The molecule has 2 aromatic rings. The van der Waals surface area contributed by atoms with E-state index in [1.165, 1.54) is 29.3 Å². The highest BCUT2D eigenvalue weighted by Gasteiger charge is 2.18. The molecule has 0 aliphatic heterocycles. The molecule has 110 valence electrons. The van der Waals surface area contributed by atoms with Gasteiger partial charge in [0.2, 0.25) is 0 Å². The van der Waals surface area contributed by atoms with Crippen LogP contribution in [0.15, 0.2) is 36.5 Å². The van der Waals surface area contributed by atoms with Crippen LogP contribution in [-0.2, 0) is 0 Å². The third-order valence-corrected chi connectivity index (χ3v) is 3.19. The van der Waals surface area contributed by atoms with Gasteiger partial charge in [0.25, 0.3) is 5.91 Å². The maximum Gasteiger partial charge on any atom is 0.259 e. The molecule has 1 heterocycles. The SMILES string of the molecule is CCN(C(=O)c1cnc(NN)c(Cl)c1)c1cccc(F)c1. The summed E-state index contributed by atoms with van der Waals surface area (Å²) in [6.07, 6.45) is 1.37. The topological polar surface area (TPSA) is 71.2 Å². The molecule has 0 atom stereocenters. The maximum absolute atomic E-state index is 13.3. The van der Waals surface area contributed by atoms with Crippen molar-refractivity contribution in [1.29, 1.82) is 0 Å². The van der Waals surface area contributed by atoms with E-state index in [-0.39, 0.29) is 16.7 Å². The van der Waals surface area contributed by atoms with Crippen molar-refractivity contribution in [3.63, 3.8) is 0 Å². The first-order valence-corrected chi connectivity index (χ1v) is 6.64. The molecule has 1 amide bonds. The molecule has 1 aromatic heterocycles. The third kappa shape index (κ3) is 3.29. The van der Waals surface area contributed by atoms with Crippen molar-refractivity contribution in [2.24, 2.45) is 5.84 Å². The van der Waals surface area contributed by atoms with E-state index >= 15 is 0 Å². The van der Waals surface area contributed by atoms with Crippen LogP contribution in [0.25, 0.3) is 0 Å². The molecule has 0 spiro atoms. The quantitative estimate of drug-likeness (QED) is 0.673. The number of carbonyl (C=O) groups excluding carboxylic acids is 1. The molecule has 5 nitrogen and oxygen atoms in total. The Morgan fingerprint density at radius 2 is 2.24 bits per heavy atom. The molecule has 0 saturated carbocycles. The number of nitrogens with one attached hydrogen (secondary N) is 1. The van der Waals surface area contributed by atoms with Gasteiger partial charge in [-0.25, -0.2) is 15.2 Å². The van der Waals surface area contributed by atoms with Crippen molar-refractivity contribution in [3.05, 3.63) is 52.9 Å². The van der Waals surface area contributed by atoms with Crippen LogP contribution >= 0.6 is 11.6 Å². The number of hydrazine groups is 1. The van der Waals surface area contributed by atoms with E-state index < -0.39 is 5.82 Å². The van der Waals surface area contributed by atoms with Crippen LogP contribution in [-0.4, -0.2) is 17.4 Å². The number of benzene rings is 1. The standard InChI is InChI=1S/C14H14ClFN4O/c1-2-20(11-5-3-4-10(16)7-11)14(21)9-6-12(15)13(19-17)18-8-9/h3-8H,2,17H2,1H3,(H,18,19). The van der Waals surface area contributed by atoms with E-state index in [1.54, 1.807) is 19.1 Å². The maximum atomic E-state index is 13.3. The van der Waals surface area contributed by atoms with Gasteiger partial charge in [0.15, 0.2) is 5.82 Å². The van der Waals surface area contributed by atoms with Crippen molar-refractivity contribution in [2.45, 2.75) is 6.92 Å². The molecule has 0 bridgehead atoms. The van der Waals surface area contributed by atoms with Gasteiger partial charge in [0, 0.05) is 18.4 Å². The fourth-order valence-corrected chi connectivity index (χ4v) is 2.13. The molecule has 0 aliphatic carbocycles. The van der Waals surface area contributed by atoms with Crippen molar-refractivity contribution in [3.8, 4) is 0 Å². The van der Waals surface area contributed by atoms with Crippen molar-refractivity contribution in [2.75, 3.05) is 16.9 Å². The van der Waals surface area contributed by atoms with Gasteiger partial charge in [-0.05, 0) is 31.2 Å². The molecule has 7 heteroatoms. The van der Waals surface area contributed by atoms with Gasteiger partial charge in [-0.15, -0.1) is 0 Å². The molecule has 21 heavy (non-hydrogen) atoms. The van der Waals surface area contributed by atoms with Gasteiger partial charge in [0.05, 0.1) is 10.6 Å². The summed E-state index contributed by atoms with van der Waals surface area (Å²) in [6.45, 7) is 2.18. The zero-order valence-electron chi connectivity index (χ0n) is 11.3. The van der Waals surface area contributed by atoms with Gasteiger partial charge in [-0.3, -0.25) is 4.79 Å². The van der Waals surface area contributed by atoms with Crippen LogP contribution in [0.4, 0.5) is 15.9 Å². The van der Waals surface area contributed by atoms with Gasteiger partial charge in [-0.2, -0.15) is 0 Å². The minimum Gasteiger partial charge on any atom is -0.308 e. The number of rotatable bonds is 4. The zero-order valence-corrected chi connectivity index (χ0v) is 12.1. The number of hydrogen-bond acceptors (Lipinski definition) is 4. The Morgan fingerprint density at radius 1 is 1.48 bits per heavy atom. The molecule has 2 rings (SSSR count). The molecule has 0 unspecified atom stereocenters. The number of pyridine rings is 1. The van der Waals surface area contributed by atoms with Crippen LogP contribution in [0, 0.1) is 5.82 Å². The lowest BCUT2D eigenvalue weighted by Gasteiger charge is -2.21. The summed E-state index contributed by atoms with van der Waals surface area (Å²) < 4.78 is 13.3. The predicted octanol–water partition coefficient (Wildman–Crippen LogP) is 2.83. The summed E-state index contributed by atoms with van der Waals surface area (Å²) in [5.74, 6) is 4.79. The van der Waals surface area contributed by atoms with E-state index in [0.717, 1.165) is 0 Å². The van der Waals surface area contributed by atoms with Crippen molar-refractivity contribution < 1.29 is 9.18 Å². The number of nitrogens with zero attached hydrogens (tertiary/aromatic N) is 2. The second kappa shape index (κ2) is 6.51. The second-order valence-corrected chi connectivity index (χ2v) is 4.64. The lowest BCUT2D eigenvalue weighted by Crippen LogP contribution is -2.30. The van der Waals surface area contributed by atoms with Crippen LogP contribution in [0.5, 0.6) is 0 Å². The van der Waals surface area contributed by atoms with Crippen LogP contribution < -0.4 is 16.2 Å². The van der Waals surface area contributed by atoms with E-state index in [2.05, 4.69) is 10.4 Å². The monoisotopic (exact) mass is 308 g/mol. The molecular formula is C14H14ClFN4O. The number of amides is 1. The Balaban J connectivity index is 2.34. The van der Waals surface area contributed by atoms with Crippen LogP contribution in [0.2, 0.25) is 5.02 Å². The lowest BCUT2D eigenvalue weighted by atomic mass is 10.2. The number of carbonyl (C=O) groups is 1. The number of aromatic nitrogens is 1. The fourth-order valence-electron chi connectivity index (χ4n) is 1.90. The molecular weight excluding hydrogens is 295 g/mol. The summed E-state index contributed by atoms with van der Waals surface area (Å²) in [5, 5.41) is 0.235. The molecule has 1 aromatic carbocycles. The highest BCUT2D eigenvalue weighted by Crippen LogP contribution is 2.22. The Labute approximate surface area is 126 Å². The van der Waals surface area contributed by atoms with Gasteiger partial charge in [-0.1, -0.05) is 17.7 Å². The summed E-state index contributed by atoms with van der Waals surface area (Å²) in [6, 6.07) is 7.30. The van der Waals surface area contributed by atoms with Gasteiger partial charge >= 0.3 is 0 Å². The first-order valence-electron chi connectivity index (χ1n) is 6.26. The van der Waals surface area contributed by atoms with Gasteiger partial charge < -0.3 is 10.3 Å². The number of nitrogen functional groups attached to an aromatic ring is 1. The lowest BCUT2D eigenvalue weighted by molar-refractivity contribution is 0.0988. The minimum atomic E-state index is -0.405. The highest BCUT2D eigenvalue weighted by atomic mass is 35.5. The van der Waals surface area contributed by atoms with Crippen molar-refractivity contribution >= 4 is 29.0 Å². The molecule has 0 radical (unpaired) electrons. The summed E-state index contributed by atoms with van der Waals surface area (Å²) in [7, 11) is 0. The fraction of sp³-hybridized carbons (Fsp3) is 0.143. The number of anilines is 2. The first kappa shape index (κ1) is 15.2. The zero-order chi connectivity index (χ0) is 15.4. The smallest absolute Gasteiger partial charge is 0.259 e. The minimum absolute atomic E-state index is 0.235. The largest absolute Gasteiger partial charge is 0.308 e. The van der Waals surface area contributed by atoms with Crippen LogP contribution in [0.3, 0.4) is 0 Å². The number of hydrogen-bond donors (Lipinski definition) is 2. The average molecular weight is 309 g/mol. The molecule has 0 aliphatic rings. The van der Waals surface area contributed by atoms with E-state index in [4.69, 9.17) is 17.4 Å². The normalized spacial score (nSPS) is 10.3. The highest BCUT2D eigenvalue weighted by molar-refractivity contribution is 6.33. The van der Waals surface area contributed by atoms with E-state index in [1.807, 2.05) is 0 Å². The van der Waals surface area contributed by atoms with Gasteiger partial charge in [0.1, 0.15) is 5.82 Å². The molecule has 0 fully saturated rings. The molecule has 0 saturated heterocycles. The predicted molar refractivity (Wildman–Crippen MR) is 80.8 cm³/mol. The Hall–Kier alpha value is -2.18. The summed E-state index contributed by atoms with van der Waals surface area (Å²) in [4.78, 5) is 17.9.